The van der Waals surface area contributed by atoms with Crippen LogP contribution in [-0.2, 0) is 11.0 Å². The molecule has 0 radical (unpaired) electrons. The standard InChI is InChI=1S/C22H23F3N4O5/c23-22(24,25)16-5-6-17(18(13-16)29(32)33)26-8-10-27(11-9-26)20(30)15-3-1-7-28(14-15)21(31)19-4-2-12-34-19/h2,4-6,12-13,15H,1,3,7-11,14H2. The number of hydrogen-bond acceptors (Lipinski definition) is 6. The van der Waals surface area contributed by atoms with Gasteiger partial charge in [-0.2, -0.15) is 13.2 Å². The number of piperazine rings is 1. The van der Waals surface area contributed by atoms with E-state index in [4.69, 9.17) is 4.42 Å². The van der Waals surface area contributed by atoms with Gasteiger partial charge in [0.05, 0.1) is 22.7 Å². The van der Waals surface area contributed by atoms with E-state index in [0.717, 1.165) is 12.1 Å². The molecule has 0 spiro atoms. The summed E-state index contributed by atoms with van der Waals surface area (Å²) in [6.45, 7) is 1.87. The van der Waals surface area contributed by atoms with Gasteiger partial charge in [0.25, 0.3) is 11.6 Å². The van der Waals surface area contributed by atoms with Crippen LogP contribution in [-0.4, -0.2) is 65.8 Å². The Labute approximate surface area is 192 Å². The van der Waals surface area contributed by atoms with Crippen LogP contribution in [0.5, 0.6) is 0 Å². The Morgan fingerprint density at radius 3 is 2.41 bits per heavy atom. The summed E-state index contributed by atoms with van der Waals surface area (Å²) in [5, 5.41) is 11.4. The van der Waals surface area contributed by atoms with Crippen molar-refractivity contribution in [2.24, 2.45) is 5.92 Å². The van der Waals surface area contributed by atoms with E-state index in [1.807, 2.05) is 0 Å². The molecule has 0 saturated carbocycles. The van der Waals surface area contributed by atoms with Crippen molar-refractivity contribution >= 4 is 23.2 Å². The number of likely N-dealkylation sites (tertiary alicyclic amines) is 1. The Bertz CT molecular complexity index is 1060. The van der Waals surface area contributed by atoms with Crippen LogP contribution >= 0.6 is 0 Å². The molecule has 2 aromatic rings. The zero-order chi connectivity index (χ0) is 24.5. The summed E-state index contributed by atoms with van der Waals surface area (Å²) in [7, 11) is 0. The third kappa shape index (κ3) is 4.85. The maximum Gasteiger partial charge on any atom is 0.416 e. The molecule has 9 nitrogen and oxygen atoms in total. The van der Waals surface area contributed by atoms with Gasteiger partial charge in [-0.15, -0.1) is 0 Å². The maximum atomic E-state index is 13.1. The zero-order valence-corrected chi connectivity index (χ0v) is 18.2. The van der Waals surface area contributed by atoms with Crippen LogP contribution < -0.4 is 4.90 Å². The highest BCUT2D eigenvalue weighted by molar-refractivity contribution is 5.92. The molecule has 1 unspecified atom stereocenters. The summed E-state index contributed by atoms with van der Waals surface area (Å²) in [6.07, 6.45) is -1.94. The number of nitro groups is 1. The number of benzene rings is 1. The lowest BCUT2D eigenvalue weighted by molar-refractivity contribution is -0.384. The van der Waals surface area contributed by atoms with Crippen LogP contribution in [0.4, 0.5) is 24.5 Å². The van der Waals surface area contributed by atoms with Crippen molar-refractivity contribution in [1.29, 1.82) is 0 Å². The van der Waals surface area contributed by atoms with E-state index < -0.39 is 22.4 Å². The van der Waals surface area contributed by atoms with Gasteiger partial charge < -0.3 is 19.1 Å². The van der Waals surface area contributed by atoms with Gasteiger partial charge in [0.1, 0.15) is 5.69 Å². The summed E-state index contributed by atoms with van der Waals surface area (Å²) in [5.74, 6) is -0.500. The molecule has 0 bridgehead atoms. The largest absolute Gasteiger partial charge is 0.459 e. The van der Waals surface area contributed by atoms with Crippen LogP contribution in [0.15, 0.2) is 41.0 Å². The minimum Gasteiger partial charge on any atom is -0.459 e. The number of amides is 2. The number of hydrogen-bond donors (Lipinski definition) is 0. The SMILES string of the molecule is O=C(c1ccco1)N1CCCC(C(=O)N2CCN(c3ccc(C(F)(F)F)cc3[N+](=O)[O-])CC2)C1. The van der Waals surface area contributed by atoms with E-state index in [9.17, 15) is 32.9 Å². The fourth-order valence-corrected chi connectivity index (χ4v) is 4.46. The lowest BCUT2D eigenvalue weighted by Crippen LogP contribution is -2.53. The molecule has 1 aromatic carbocycles. The fourth-order valence-electron chi connectivity index (χ4n) is 4.46. The molecule has 4 rings (SSSR count). The number of carbonyl (C=O) groups excluding carboxylic acids is 2. The van der Waals surface area contributed by atoms with Crippen LogP contribution in [0.25, 0.3) is 0 Å². The van der Waals surface area contributed by atoms with Crippen molar-refractivity contribution in [2.45, 2.75) is 19.0 Å². The van der Waals surface area contributed by atoms with Gasteiger partial charge >= 0.3 is 6.18 Å². The molecule has 1 aromatic heterocycles. The molecule has 182 valence electrons. The number of nitrogens with zero attached hydrogens (tertiary/aromatic N) is 4. The van der Waals surface area contributed by atoms with Crippen LogP contribution in [0.1, 0.15) is 29.0 Å². The third-order valence-corrected chi connectivity index (χ3v) is 6.22. The number of piperidine rings is 1. The summed E-state index contributed by atoms with van der Waals surface area (Å²) in [5.41, 5.74) is -1.60. The van der Waals surface area contributed by atoms with Gasteiger partial charge in [0, 0.05) is 45.3 Å². The molecular formula is C22H23F3N4O5. The number of furan rings is 1. The number of alkyl halides is 3. The van der Waals surface area contributed by atoms with E-state index in [1.54, 1.807) is 26.8 Å². The molecule has 0 aliphatic carbocycles. The van der Waals surface area contributed by atoms with Gasteiger partial charge in [0.2, 0.25) is 5.91 Å². The Morgan fingerprint density at radius 1 is 1.06 bits per heavy atom. The second-order valence-corrected chi connectivity index (χ2v) is 8.34. The number of rotatable bonds is 4. The second kappa shape index (κ2) is 9.35. The Hall–Kier alpha value is -3.57. The summed E-state index contributed by atoms with van der Waals surface area (Å²) >= 11 is 0. The quantitative estimate of drug-likeness (QED) is 0.491. The lowest BCUT2D eigenvalue weighted by atomic mass is 9.96. The number of carbonyl (C=O) groups is 2. The first-order valence-corrected chi connectivity index (χ1v) is 10.9. The van der Waals surface area contributed by atoms with Gasteiger partial charge in [-0.25, -0.2) is 0 Å². The van der Waals surface area contributed by atoms with Gasteiger partial charge in [-0.3, -0.25) is 19.7 Å². The molecule has 2 fully saturated rings. The van der Waals surface area contributed by atoms with E-state index in [2.05, 4.69) is 0 Å². The predicted molar refractivity (Wildman–Crippen MR) is 114 cm³/mol. The normalized spacial score (nSPS) is 19.3. The van der Waals surface area contributed by atoms with E-state index >= 15 is 0 Å². The molecular weight excluding hydrogens is 457 g/mol. The molecule has 3 heterocycles. The van der Waals surface area contributed by atoms with E-state index in [0.29, 0.717) is 25.5 Å². The van der Waals surface area contributed by atoms with Gasteiger partial charge in [0.15, 0.2) is 5.76 Å². The summed E-state index contributed by atoms with van der Waals surface area (Å²) in [6, 6.07) is 5.68. The lowest BCUT2D eigenvalue weighted by Gasteiger charge is -2.39. The van der Waals surface area contributed by atoms with Crippen molar-refractivity contribution in [3.8, 4) is 0 Å². The highest BCUT2D eigenvalue weighted by atomic mass is 19.4. The highest BCUT2D eigenvalue weighted by Crippen LogP contribution is 2.37. The van der Waals surface area contributed by atoms with Crippen molar-refractivity contribution < 1.29 is 32.1 Å². The third-order valence-electron chi connectivity index (χ3n) is 6.22. The molecule has 34 heavy (non-hydrogen) atoms. The summed E-state index contributed by atoms with van der Waals surface area (Å²) in [4.78, 5) is 41.1. The van der Waals surface area contributed by atoms with Crippen molar-refractivity contribution in [2.75, 3.05) is 44.2 Å². The van der Waals surface area contributed by atoms with E-state index in [1.165, 1.54) is 6.26 Å². The van der Waals surface area contributed by atoms with Crippen LogP contribution in [0, 0.1) is 16.0 Å². The average Bonchev–Trinajstić information content (AvgIpc) is 3.37. The molecule has 2 aliphatic heterocycles. The zero-order valence-electron chi connectivity index (χ0n) is 18.2. The summed E-state index contributed by atoms with van der Waals surface area (Å²) < 4.78 is 44.1. The first kappa shape index (κ1) is 23.6. The first-order chi connectivity index (χ1) is 16.1. The Kier molecular flexibility index (Phi) is 6.49. The van der Waals surface area contributed by atoms with Crippen LogP contribution in [0.2, 0.25) is 0 Å². The predicted octanol–water partition coefficient (Wildman–Crippen LogP) is 3.41. The van der Waals surface area contributed by atoms with Gasteiger partial charge in [-0.1, -0.05) is 0 Å². The van der Waals surface area contributed by atoms with Gasteiger partial charge in [-0.05, 0) is 37.1 Å². The Morgan fingerprint density at radius 2 is 1.79 bits per heavy atom. The molecule has 12 heteroatoms. The molecule has 2 aliphatic rings. The monoisotopic (exact) mass is 480 g/mol. The molecule has 0 N–H and O–H groups in total. The highest BCUT2D eigenvalue weighted by Gasteiger charge is 2.36. The minimum atomic E-state index is -4.68. The smallest absolute Gasteiger partial charge is 0.416 e. The number of nitro benzene ring substituents is 1. The average molecular weight is 480 g/mol. The van der Waals surface area contributed by atoms with E-state index in [-0.39, 0.29) is 61.9 Å². The molecule has 2 amide bonds. The number of halogens is 3. The molecule has 1 atom stereocenters. The van der Waals surface area contributed by atoms with Crippen LogP contribution in [0.3, 0.4) is 0 Å². The maximum absolute atomic E-state index is 13.1. The fraction of sp³-hybridized carbons (Fsp3) is 0.455. The first-order valence-electron chi connectivity index (χ1n) is 10.9. The van der Waals surface area contributed by atoms with Crippen molar-refractivity contribution in [3.05, 3.63) is 58.0 Å². The Balaban J connectivity index is 1.39. The number of anilines is 1. The second-order valence-electron chi connectivity index (χ2n) is 8.34. The van der Waals surface area contributed by atoms with Crippen molar-refractivity contribution in [1.82, 2.24) is 9.80 Å². The molecule has 2 saturated heterocycles. The van der Waals surface area contributed by atoms with Crippen molar-refractivity contribution in [3.63, 3.8) is 0 Å². The topological polar surface area (TPSA) is 100 Å². The minimum absolute atomic E-state index is 0.0954.